The third-order valence-electron chi connectivity index (χ3n) is 4.94. The number of hydrogen-bond acceptors (Lipinski definition) is 8. The summed E-state index contributed by atoms with van der Waals surface area (Å²) < 4.78 is 48.9. The molecule has 182 valence electrons. The van der Waals surface area contributed by atoms with Gasteiger partial charge in [0.25, 0.3) is 11.1 Å². The molecule has 2 aromatic heterocycles. The van der Waals surface area contributed by atoms with Crippen LogP contribution in [0.15, 0.2) is 26.5 Å². The molecule has 35 heavy (non-hydrogen) atoms. The second-order valence-corrected chi connectivity index (χ2v) is 7.98. The Labute approximate surface area is 201 Å². The fourth-order valence-electron chi connectivity index (χ4n) is 3.55. The molecule has 0 saturated heterocycles. The molecule has 0 spiro atoms. The molecule has 0 unspecified atom stereocenters. The highest BCUT2D eigenvalue weighted by Crippen LogP contribution is 2.42. The smallest absolute Gasteiger partial charge is 0.434 e. The van der Waals surface area contributed by atoms with Crippen LogP contribution in [0.3, 0.4) is 0 Å². The minimum Gasteiger partial charge on any atom is -0.434 e. The summed E-state index contributed by atoms with van der Waals surface area (Å²) in [6, 6.07) is 3.90. The lowest BCUT2D eigenvalue weighted by molar-refractivity contribution is -0.346. The molecule has 0 saturated carbocycles. The number of benzene rings is 1. The van der Waals surface area contributed by atoms with Gasteiger partial charge in [0.1, 0.15) is 6.07 Å². The zero-order valence-corrected chi connectivity index (χ0v) is 18.6. The number of rotatable bonds is 4. The SMILES string of the molecule is N#Cc1nn(-c2cc(Cl)c(Oc3n[nH]c(=O)c4c3CCC[C@@H]4OC(F)(F)F)c(Cl)c2)c(=O)[nH]c1=O. The molecule has 3 aromatic rings. The van der Waals surface area contributed by atoms with E-state index in [1.165, 1.54) is 18.2 Å². The van der Waals surface area contributed by atoms with E-state index < -0.39 is 35.0 Å². The molecule has 1 aliphatic rings. The number of hydrogen-bond donors (Lipinski definition) is 2. The van der Waals surface area contributed by atoms with Crippen LogP contribution in [0.25, 0.3) is 5.69 Å². The van der Waals surface area contributed by atoms with Crippen LogP contribution < -0.4 is 21.5 Å². The molecule has 0 radical (unpaired) electrons. The van der Waals surface area contributed by atoms with Gasteiger partial charge in [-0.1, -0.05) is 23.2 Å². The number of halogens is 5. The number of alkyl halides is 3. The van der Waals surface area contributed by atoms with Crippen LogP contribution in [0.2, 0.25) is 10.0 Å². The average Bonchev–Trinajstić information content (AvgIpc) is 2.76. The number of aromatic nitrogens is 5. The van der Waals surface area contributed by atoms with E-state index in [1.54, 1.807) is 0 Å². The van der Waals surface area contributed by atoms with Crippen molar-refractivity contribution in [1.29, 1.82) is 5.26 Å². The fraction of sp³-hybridized carbons (Fsp3) is 0.263. The zero-order chi connectivity index (χ0) is 25.5. The first-order valence-electron chi connectivity index (χ1n) is 9.65. The maximum absolute atomic E-state index is 12.8. The number of nitrogens with one attached hydrogen (secondary N) is 2. The molecule has 1 aromatic carbocycles. The van der Waals surface area contributed by atoms with E-state index in [2.05, 4.69) is 20.0 Å². The molecule has 1 aliphatic carbocycles. The summed E-state index contributed by atoms with van der Waals surface area (Å²) in [6.07, 6.45) is -6.11. The van der Waals surface area contributed by atoms with Crippen molar-refractivity contribution >= 4 is 23.2 Å². The van der Waals surface area contributed by atoms with Crippen molar-refractivity contribution in [2.24, 2.45) is 0 Å². The van der Waals surface area contributed by atoms with Crippen molar-refractivity contribution in [2.45, 2.75) is 31.7 Å². The number of ether oxygens (including phenoxy) is 2. The molecule has 2 N–H and O–H groups in total. The van der Waals surface area contributed by atoms with Crippen LogP contribution in [0.4, 0.5) is 13.2 Å². The van der Waals surface area contributed by atoms with E-state index in [1.807, 2.05) is 4.98 Å². The lowest BCUT2D eigenvalue weighted by atomic mass is 9.91. The zero-order valence-electron chi connectivity index (χ0n) is 17.1. The summed E-state index contributed by atoms with van der Waals surface area (Å²) in [5, 5.41) is 18.1. The first-order chi connectivity index (χ1) is 16.5. The van der Waals surface area contributed by atoms with Gasteiger partial charge in [-0.25, -0.2) is 9.89 Å². The number of H-pyrrole nitrogens is 2. The first kappa shape index (κ1) is 24.5. The Morgan fingerprint density at radius 3 is 2.49 bits per heavy atom. The molecule has 4 rings (SSSR count). The Balaban J connectivity index is 1.75. The van der Waals surface area contributed by atoms with E-state index in [0.29, 0.717) is 4.68 Å². The van der Waals surface area contributed by atoms with Gasteiger partial charge in [0.2, 0.25) is 11.6 Å². The molecule has 0 fully saturated rings. The molecular weight excluding hydrogens is 520 g/mol. The standard InChI is InChI=1S/C19H11Cl2F3N6O5/c20-9-4-7(30-18(33)26-15(31)11(6-25)29-30)5-10(21)14(9)34-17-8-2-1-3-12(35-19(22,23)24)13(8)16(32)27-28-17/h4-5,12H,1-3H2,(H,27,32)(H,26,31,33)/t12-/m0/s1. The predicted octanol–water partition coefficient (Wildman–Crippen LogP) is 2.89. The lowest BCUT2D eigenvalue weighted by Crippen LogP contribution is -2.33. The third-order valence-corrected chi connectivity index (χ3v) is 5.50. The molecule has 16 heteroatoms. The van der Waals surface area contributed by atoms with Crippen LogP contribution >= 0.6 is 23.2 Å². The Hall–Kier alpha value is -3.67. The van der Waals surface area contributed by atoms with Gasteiger partial charge >= 0.3 is 12.1 Å². The number of aromatic amines is 2. The average molecular weight is 531 g/mol. The maximum atomic E-state index is 12.8. The fourth-order valence-corrected chi connectivity index (χ4v) is 4.10. The summed E-state index contributed by atoms with van der Waals surface area (Å²) in [4.78, 5) is 37.8. The van der Waals surface area contributed by atoms with Crippen molar-refractivity contribution in [3.8, 4) is 23.4 Å². The Morgan fingerprint density at radius 1 is 1.17 bits per heavy atom. The maximum Gasteiger partial charge on any atom is 0.523 e. The lowest BCUT2D eigenvalue weighted by Gasteiger charge is -2.26. The predicted molar refractivity (Wildman–Crippen MR) is 113 cm³/mol. The summed E-state index contributed by atoms with van der Waals surface area (Å²) >= 11 is 12.5. The number of nitrogens with zero attached hydrogens (tertiary/aromatic N) is 4. The van der Waals surface area contributed by atoms with Crippen molar-refractivity contribution in [1.82, 2.24) is 25.0 Å². The largest absolute Gasteiger partial charge is 0.523 e. The van der Waals surface area contributed by atoms with Crippen molar-refractivity contribution in [3.63, 3.8) is 0 Å². The van der Waals surface area contributed by atoms with Gasteiger partial charge in [-0.3, -0.25) is 19.3 Å². The van der Waals surface area contributed by atoms with Crippen molar-refractivity contribution < 1.29 is 22.6 Å². The topological polar surface area (TPSA) is 156 Å². The van der Waals surface area contributed by atoms with Crippen molar-refractivity contribution in [2.75, 3.05) is 0 Å². The van der Waals surface area contributed by atoms with Crippen LogP contribution in [0.5, 0.6) is 11.6 Å². The van der Waals surface area contributed by atoms with E-state index in [9.17, 15) is 27.6 Å². The summed E-state index contributed by atoms with van der Waals surface area (Å²) in [5.74, 6) is -0.423. The molecular formula is C19H11Cl2F3N6O5. The third kappa shape index (κ3) is 4.92. The molecule has 2 heterocycles. The van der Waals surface area contributed by atoms with Crippen LogP contribution in [0.1, 0.15) is 35.8 Å². The molecule has 0 aliphatic heterocycles. The van der Waals surface area contributed by atoms with Gasteiger partial charge in [0, 0.05) is 5.56 Å². The normalized spacial score (nSPS) is 15.4. The Bertz CT molecular complexity index is 1520. The van der Waals surface area contributed by atoms with Gasteiger partial charge in [-0.2, -0.15) is 9.94 Å². The highest BCUT2D eigenvalue weighted by molar-refractivity contribution is 6.37. The van der Waals surface area contributed by atoms with Gasteiger partial charge in [0.05, 0.1) is 27.4 Å². The summed E-state index contributed by atoms with van der Waals surface area (Å²) in [7, 11) is 0. The van der Waals surface area contributed by atoms with Gasteiger partial charge < -0.3 is 4.74 Å². The van der Waals surface area contributed by atoms with Crippen LogP contribution in [0, 0.1) is 11.3 Å². The van der Waals surface area contributed by atoms with Gasteiger partial charge in [-0.15, -0.1) is 23.4 Å². The minimum absolute atomic E-state index is 0.0276. The number of nitriles is 1. The van der Waals surface area contributed by atoms with Crippen molar-refractivity contribution in [3.05, 3.63) is 70.2 Å². The summed E-state index contributed by atoms with van der Waals surface area (Å²) in [6.45, 7) is 0. The Morgan fingerprint density at radius 2 is 1.86 bits per heavy atom. The quantitative estimate of drug-likeness (QED) is 0.521. The molecule has 0 bridgehead atoms. The highest BCUT2D eigenvalue weighted by atomic mass is 35.5. The summed E-state index contributed by atoms with van der Waals surface area (Å²) in [5.41, 5.74) is -3.59. The van der Waals surface area contributed by atoms with E-state index in [4.69, 9.17) is 33.2 Å². The monoisotopic (exact) mass is 530 g/mol. The van der Waals surface area contributed by atoms with Gasteiger partial charge in [0.15, 0.2) is 5.75 Å². The molecule has 0 amide bonds. The Kier molecular flexibility index (Phi) is 6.41. The molecule has 1 atom stereocenters. The highest BCUT2D eigenvalue weighted by Gasteiger charge is 2.38. The first-order valence-corrected chi connectivity index (χ1v) is 10.4. The van der Waals surface area contributed by atoms with E-state index >= 15 is 0 Å². The van der Waals surface area contributed by atoms with Crippen LogP contribution in [-0.4, -0.2) is 31.3 Å². The molecule has 11 nitrogen and oxygen atoms in total. The van der Waals surface area contributed by atoms with E-state index in [-0.39, 0.29) is 57.8 Å². The second kappa shape index (κ2) is 9.17. The number of fused-ring (bicyclic) bond motifs is 1. The van der Waals surface area contributed by atoms with E-state index in [0.717, 1.165) is 0 Å². The second-order valence-electron chi connectivity index (χ2n) is 7.17. The van der Waals surface area contributed by atoms with Crippen LogP contribution in [-0.2, 0) is 11.2 Å². The van der Waals surface area contributed by atoms with Gasteiger partial charge in [-0.05, 0) is 31.4 Å². The minimum atomic E-state index is -4.96.